The highest BCUT2D eigenvalue weighted by atomic mass is 19.1. The molecule has 160 valence electrons. The molecule has 3 nitrogen and oxygen atoms in total. The Morgan fingerprint density at radius 1 is 1.20 bits per heavy atom. The lowest BCUT2D eigenvalue weighted by Gasteiger charge is -2.49. The Hall–Kier alpha value is -1.78. The predicted molar refractivity (Wildman–Crippen MR) is 116 cm³/mol. The van der Waals surface area contributed by atoms with E-state index in [0.717, 1.165) is 30.4 Å². The lowest BCUT2D eigenvalue weighted by molar-refractivity contribution is -0.0401. The number of halogens is 1. The fourth-order valence-electron chi connectivity index (χ4n) is 6.78. The van der Waals surface area contributed by atoms with E-state index in [0.29, 0.717) is 19.3 Å². The molecule has 2 fully saturated rings. The quantitative estimate of drug-likeness (QED) is 0.663. The third kappa shape index (κ3) is 3.11. The van der Waals surface area contributed by atoms with Gasteiger partial charge >= 0.3 is 0 Å². The zero-order chi connectivity index (χ0) is 21.0. The summed E-state index contributed by atoms with van der Waals surface area (Å²) in [4.78, 5) is 4.18. The summed E-state index contributed by atoms with van der Waals surface area (Å²) >= 11 is 0. The Labute approximate surface area is 178 Å². The molecule has 2 saturated carbocycles. The van der Waals surface area contributed by atoms with Crippen LogP contribution in [0.3, 0.4) is 0 Å². The van der Waals surface area contributed by atoms with Crippen molar-refractivity contribution in [3.63, 3.8) is 0 Å². The Bertz CT molecular complexity index is 909. The van der Waals surface area contributed by atoms with Crippen molar-refractivity contribution in [2.45, 2.75) is 75.7 Å². The van der Waals surface area contributed by atoms with E-state index in [-0.39, 0.29) is 30.1 Å². The Kier molecular flexibility index (Phi) is 4.79. The minimum Gasteiger partial charge on any atom is -0.393 e. The largest absolute Gasteiger partial charge is 0.393 e. The fourth-order valence-corrected chi connectivity index (χ4v) is 6.78. The molecule has 5 unspecified atom stereocenters. The van der Waals surface area contributed by atoms with Gasteiger partial charge in [0.1, 0.15) is 5.67 Å². The molecule has 4 aliphatic rings. The van der Waals surface area contributed by atoms with Gasteiger partial charge in [-0.2, -0.15) is 0 Å². The van der Waals surface area contributed by atoms with Gasteiger partial charge in [0, 0.05) is 36.6 Å². The van der Waals surface area contributed by atoms with Crippen molar-refractivity contribution in [3.05, 3.63) is 59.5 Å². The van der Waals surface area contributed by atoms with Gasteiger partial charge in [-0.15, -0.1) is 0 Å². The Morgan fingerprint density at radius 2 is 2.07 bits per heavy atom. The molecule has 0 aliphatic heterocycles. The minimum atomic E-state index is -1.38. The molecular formula is C26H32FNO2. The van der Waals surface area contributed by atoms with Crippen LogP contribution in [0.4, 0.5) is 4.39 Å². The number of aliphatic hydroxyl groups excluding tert-OH is 1. The van der Waals surface area contributed by atoms with Gasteiger partial charge in [0.05, 0.1) is 11.7 Å². The zero-order valence-corrected chi connectivity index (χ0v) is 17.7. The smallest absolute Gasteiger partial charge is 0.120 e. The summed E-state index contributed by atoms with van der Waals surface area (Å²) in [6, 6.07) is 3.97. The van der Waals surface area contributed by atoms with Gasteiger partial charge in [-0.1, -0.05) is 37.3 Å². The van der Waals surface area contributed by atoms with Crippen molar-refractivity contribution >= 4 is 6.08 Å². The topological polar surface area (TPSA) is 53.4 Å². The number of rotatable bonds is 2. The molecule has 6 atom stereocenters. The summed E-state index contributed by atoms with van der Waals surface area (Å²) in [6.45, 7) is 2.25. The average Bonchev–Trinajstić information content (AvgIpc) is 3.00. The van der Waals surface area contributed by atoms with Gasteiger partial charge in [-0.25, -0.2) is 4.39 Å². The second kappa shape index (κ2) is 7.13. The Morgan fingerprint density at radius 3 is 2.87 bits per heavy atom. The van der Waals surface area contributed by atoms with Gasteiger partial charge in [0.2, 0.25) is 0 Å². The van der Waals surface area contributed by atoms with E-state index in [4.69, 9.17) is 0 Å². The van der Waals surface area contributed by atoms with Crippen molar-refractivity contribution in [1.82, 2.24) is 4.98 Å². The van der Waals surface area contributed by atoms with Crippen LogP contribution < -0.4 is 0 Å². The second-order valence-corrected chi connectivity index (χ2v) is 10.2. The van der Waals surface area contributed by atoms with Crippen molar-refractivity contribution in [3.8, 4) is 0 Å². The maximum atomic E-state index is 16.0. The van der Waals surface area contributed by atoms with E-state index >= 15 is 4.39 Å². The molecule has 0 spiro atoms. The summed E-state index contributed by atoms with van der Waals surface area (Å²) in [6.07, 6.45) is 16.6. The highest BCUT2D eigenvalue weighted by Crippen LogP contribution is 2.61. The fraction of sp³-hybridized carbons (Fsp3) is 0.577. The zero-order valence-electron chi connectivity index (χ0n) is 17.7. The van der Waals surface area contributed by atoms with E-state index < -0.39 is 17.4 Å². The van der Waals surface area contributed by atoms with Crippen LogP contribution in [0.5, 0.6) is 0 Å². The molecule has 1 heterocycles. The van der Waals surface area contributed by atoms with Crippen LogP contribution in [-0.2, 0) is 0 Å². The SMILES string of the molecule is CC12CC=C3CC4(F)CC(O)CCC4CC[C@]3(O)C1CC=C2/C=C/c1cccnc1. The second-order valence-electron chi connectivity index (χ2n) is 10.2. The lowest BCUT2D eigenvalue weighted by atomic mass is 9.58. The average molecular weight is 410 g/mol. The number of aliphatic hydroxyl groups is 2. The van der Waals surface area contributed by atoms with Crippen molar-refractivity contribution < 1.29 is 14.6 Å². The predicted octanol–water partition coefficient (Wildman–Crippen LogP) is 5.16. The maximum absolute atomic E-state index is 16.0. The van der Waals surface area contributed by atoms with Crippen LogP contribution in [0.25, 0.3) is 6.08 Å². The molecule has 0 bridgehead atoms. The molecule has 4 aliphatic carbocycles. The number of fused-ring (bicyclic) bond motifs is 4. The van der Waals surface area contributed by atoms with E-state index in [1.807, 2.05) is 18.3 Å². The number of alkyl halides is 1. The van der Waals surface area contributed by atoms with Gasteiger partial charge in [0.25, 0.3) is 0 Å². The number of nitrogens with zero attached hydrogens (tertiary/aromatic N) is 1. The molecule has 0 radical (unpaired) electrons. The van der Waals surface area contributed by atoms with Crippen LogP contribution >= 0.6 is 0 Å². The number of hydrogen-bond acceptors (Lipinski definition) is 3. The maximum Gasteiger partial charge on any atom is 0.120 e. The first-order chi connectivity index (χ1) is 14.3. The molecular weight excluding hydrogens is 377 g/mol. The third-order valence-electron chi connectivity index (χ3n) is 8.56. The molecule has 0 saturated heterocycles. The molecule has 2 N–H and O–H groups in total. The summed E-state index contributed by atoms with van der Waals surface area (Å²) in [5.41, 5.74) is 0.732. The van der Waals surface area contributed by atoms with Crippen molar-refractivity contribution in [2.24, 2.45) is 17.3 Å². The first-order valence-electron chi connectivity index (χ1n) is 11.4. The third-order valence-corrected chi connectivity index (χ3v) is 8.56. The number of pyridine rings is 1. The molecule has 0 aromatic carbocycles. The van der Waals surface area contributed by atoms with E-state index in [2.05, 4.69) is 36.2 Å². The number of aromatic nitrogens is 1. The lowest BCUT2D eigenvalue weighted by Crippen LogP contribution is -2.49. The van der Waals surface area contributed by atoms with E-state index in [1.165, 1.54) is 5.57 Å². The normalized spacial score (nSPS) is 43.3. The van der Waals surface area contributed by atoms with Crippen LogP contribution in [0, 0.1) is 17.3 Å². The first-order valence-corrected chi connectivity index (χ1v) is 11.4. The van der Waals surface area contributed by atoms with Crippen molar-refractivity contribution in [2.75, 3.05) is 0 Å². The van der Waals surface area contributed by atoms with Crippen LogP contribution in [0.1, 0.15) is 63.9 Å². The van der Waals surface area contributed by atoms with Gasteiger partial charge < -0.3 is 10.2 Å². The Balaban J connectivity index is 1.44. The first kappa shape index (κ1) is 20.1. The van der Waals surface area contributed by atoms with E-state index in [1.54, 1.807) is 6.20 Å². The van der Waals surface area contributed by atoms with Crippen molar-refractivity contribution in [1.29, 1.82) is 0 Å². The molecule has 1 aromatic rings. The monoisotopic (exact) mass is 409 g/mol. The molecule has 4 heteroatoms. The summed E-state index contributed by atoms with van der Waals surface area (Å²) in [5, 5.41) is 22.1. The highest BCUT2D eigenvalue weighted by Gasteiger charge is 2.58. The molecule has 0 amide bonds. The molecule has 5 rings (SSSR count). The van der Waals surface area contributed by atoms with Crippen LogP contribution in [0.15, 0.2) is 53.9 Å². The molecule has 30 heavy (non-hydrogen) atoms. The van der Waals surface area contributed by atoms with Crippen LogP contribution in [-0.4, -0.2) is 32.6 Å². The van der Waals surface area contributed by atoms with Gasteiger partial charge in [-0.3, -0.25) is 4.98 Å². The minimum absolute atomic E-state index is 0.0537. The number of allylic oxidation sites excluding steroid dienone is 4. The summed E-state index contributed by atoms with van der Waals surface area (Å²) in [5.74, 6) is 0.0224. The van der Waals surface area contributed by atoms with Gasteiger partial charge in [0.15, 0.2) is 0 Å². The number of hydrogen-bond donors (Lipinski definition) is 2. The van der Waals surface area contributed by atoms with Gasteiger partial charge in [-0.05, 0) is 67.2 Å². The summed E-state index contributed by atoms with van der Waals surface area (Å²) in [7, 11) is 0. The standard InChI is InChI=1S/C26H32FNO2/c1-24-12-10-21-15-25(27)16-22(29)8-6-20(25)11-13-26(21,30)23(24)9-7-19(24)5-4-18-3-2-14-28-17-18/h2-5,7,10,14,17,20,22-23,29-30H,6,8-9,11-13,15-16H2,1H3/b5-4+/t20?,22?,23?,24?,25?,26-/m1/s1. The summed E-state index contributed by atoms with van der Waals surface area (Å²) < 4.78 is 16.0. The highest BCUT2D eigenvalue weighted by molar-refractivity contribution is 5.54. The molecule has 1 aromatic heterocycles. The van der Waals surface area contributed by atoms with Crippen LogP contribution in [0.2, 0.25) is 0 Å². The van der Waals surface area contributed by atoms with E-state index in [9.17, 15) is 10.2 Å².